The number of hydrogen-bond acceptors (Lipinski definition) is 3. The van der Waals surface area contributed by atoms with Gasteiger partial charge in [-0.25, -0.2) is 0 Å². The van der Waals surface area contributed by atoms with E-state index in [1.54, 1.807) is 12.1 Å². The minimum Gasteiger partial charge on any atom is -0.493 e. The standard InChI is InChI=1S/C19H24N2O2/c1-13(2)12-23-17-6-4-5-15(9-17)11-21-19(22)18-10-16(20)8-7-14(18)3/h4-10,13H,11-12,20H2,1-3H3,(H,21,22). The lowest BCUT2D eigenvalue weighted by Crippen LogP contribution is -2.23. The highest BCUT2D eigenvalue weighted by molar-refractivity contribution is 5.96. The maximum absolute atomic E-state index is 12.3. The van der Waals surface area contributed by atoms with Crippen LogP contribution in [-0.4, -0.2) is 12.5 Å². The van der Waals surface area contributed by atoms with E-state index in [9.17, 15) is 4.79 Å². The molecule has 0 aliphatic rings. The van der Waals surface area contributed by atoms with Crippen LogP contribution in [0.1, 0.15) is 35.3 Å². The maximum Gasteiger partial charge on any atom is 0.251 e. The largest absolute Gasteiger partial charge is 0.493 e. The molecule has 23 heavy (non-hydrogen) atoms. The van der Waals surface area contributed by atoms with Crippen LogP contribution in [0.25, 0.3) is 0 Å². The monoisotopic (exact) mass is 312 g/mol. The van der Waals surface area contributed by atoms with Gasteiger partial charge in [-0.15, -0.1) is 0 Å². The van der Waals surface area contributed by atoms with Gasteiger partial charge in [0.05, 0.1) is 6.61 Å². The highest BCUT2D eigenvalue weighted by Crippen LogP contribution is 2.15. The fourth-order valence-electron chi connectivity index (χ4n) is 2.17. The number of anilines is 1. The van der Waals surface area contributed by atoms with Gasteiger partial charge in [0.1, 0.15) is 5.75 Å². The number of amides is 1. The number of nitrogens with two attached hydrogens (primary N) is 1. The average molecular weight is 312 g/mol. The second kappa shape index (κ2) is 7.68. The summed E-state index contributed by atoms with van der Waals surface area (Å²) in [5.41, 5.74) is 8.86. The topological polar surface area (TPSA) is 64.4 Å². The van der Waals surface area contributed by atoms with E-state index in [1.807, 2.05) is 37.3 Å². The number of carbonyl (C=O) groups is 1. The summed E-state index contributed by atoms with van der Waals surface area (Å²) in [6, 6.07) is 13.1. The van der Waals surface area contributed by atoms with Crippen molar-refractivity contribution in [1.82, 2.24) is 5.32 Å². The second-order valence-electron chi connectivity index (χ2n) is 6.11. The van der Waals surface area contributed by atoms with E-state index in [-0.39, 0.29) is 5.91 Å². The molecule has 0 heterocycles. The van der Waals surface area contributed by atoms with Gasteiger partial charge >= 0.3 is 0 Å². The van der Waals surface area contributed by atoms with Crippen LogP contribution in [0.2, 0.25) is 0 Å². The van der Waals surface area contributed by atoms with Gasteiger partial charge in [-0.1, -0.05) is 32.0 Å². The van der Waals surface area contributed by atoms with E-state index in [0.29, 0.717) is 30.3 Å². The Kier molecular flexibility index (Phi) is 5.63. The van der Waals surface area contributed by atoms with E-state index in [1.165, 1.54) is 0 Å². The van der Waals surface area contributed by atoms with Crippen LogP contribution in [0.15, 0.2) is 42.5 Å². The summed E-state index contributed by atoms with van der Waals surface area (Å²) >= 11 is 0. The number of nitrogens with one attached hydrogen (secondary N) is 1. The fraction of sp³-hybridized carbons (Fsp3) is 0.316. The van der Waals surface area contributed by atoms with E-state index in [0.717, 1.165) is 16.9 Å². The quantitative estimate of drug-likeness (QED) is 0.802. The molecule has 1 amide bonds. The lowest BCUT2D eigenvalue weighted by atomic mass is 10.1. The molecule has 0 atom stereocenters. The molecular formula is C19H24N2O2. The van der Waals surface area contributed by atoms with Crippen LogP contribution in [0, 0.1) is 12.8 Å². The lowest BCUT2D eigenvalue weighted by molar-refractivity contribution is 0.0950. The highest BCUT2D eigenvalue weighted by Gasteiger charge is 2.09. The molecule has 4 nitrogen and oxygen atoms in total. The molecule has 0 spiro atoms. The van der Waals surface area contributed by atoms with Crippen molar-refractivity contribution in [2.45, 2.75) is 27.3 Å². The van der Waals surface area contributed by atoms with Crippen molar-refractivity contribution in [3.05, 3.63) is 59.2 Å². The molecule has 0 unspecified atom stereocenters. The van der Waals surface area contributed by atoms with Crippen LogP contribution in [0.5, 0.6) is 5.75 Å². The zero-order chi connectivity index (χ0) is 16.8. The normalized spacial score (nSPS) is 10.6. The third-order valence-corrected chi connectivity index (χ3v) is 3.44. The number of aryl methyl sites for hydroxylation is 1. The summed E-state index contributed by atoms with van der Waals surface area (Å²) in [5.74, 6) is 1.18. The van der Waals surface area contributed by atoms with E-state index in [2.05, 4.69) is 19.2 Å². The van der Waals surface area contributed by atoms with Crippen molar-refractivity contribution in [1.29, 1.82) is 0 Å². The van der Waals surface area contributed by atoms with Gasteiger partial charge in [0, 0.05) is 17.8 Å². The van der Waals surface area contributed by atoms with Gasteiger partial charge in [0.25, 0.3) is 5.91 Å². The first kappa shape index (κ1) is 16.9. The van der Waals surface area contributed by atoms with Gasteiger partial charge in [0.2, 0.25) is 0 Å². The first-order valence-corrected chi connectivity index (χ1v) is 7.82. The fourth-order valence-corrected chi connectivity index (χ4v) is 2.17. The summed E-state index contributed by atoms with van der Waals surface area (Å²) in [5, 5.41) is 2.93. The van der Waals surface area contributed by atoms with Crippen LogP contribution >= 0.6 is 0 Å². The molecule has 122 valence electrons. The van der Waals surface area contributed by atoms with Gasteiger partial charge in [-0.3, -0.25) is 4.79 Å². The minimum absolute atomic E-state index is 0.122. The molecule has 0 saturated carbocycles. The van der Waals surface area contributed by atoms with E-state index in [4.69, 9.17) is 10.5 Å². The van der Waals surface area contributed by atoms with Crippen molar-refractivity contribution in [2.75, 3.05) is 12.3 Å². The Morgan fingerprint density at radius 2 is 2.00 bits per heavy atom. The minimum atomic E-state index is -0.122. The predicted molar refractivity (Wildman–Crippen MR) is 93.5 cm³/mol. The molecule has 0 bridgehead atoms. The number of nitrogen functional groups attached to an aromatic ring is 1. The van der Waals surface area contributed by atoms with Crippen molar-refractivity contribution < 1.29 is 9.53 Å². The van der Waals surface area contributed by atoms with Crippen molar-refractivity contribution >= 4 is 11.6 Å². The maximum atomic E-state index is 12.3. The Morgan fingerprint density at radius 3 is 2.74 bits per heavy atom. The first-order chi connectivity index (χ1) is 11.0. The zero-order valence-electron chi connectivity index (χ0n) is 13.9. The summed E-state index contributed by atoms with van der Waals surface area (Å²) < 4.78 is 5.71. The molecule has 0 aromatic heterocycles. The summed E-state index contributed by atoms with van der Waals surface area (Å²) in [7, 11) is 0. The molecule has 0 radical (unpaired) electrons. The third-order valence-electron chi connectivity index (χ3n) is 3.44. The molecule has 2 aromatic rings. The number of carbonyl (C=O) groups excluding carboxylic acids is 1. The summed E-state index contributed by atoms with van der Waals surface area (Å²) in [4.78, 5) is 12.3. The van der Waals surface area contributed by atoms with Gasteiger partial charge in [-0.05, 0) is 48.2 Å². The SMILES string of the molecule is Cc1ccc(N)cc1C(=O)NCc1cccc(OCC(C)C)c1. The molecule has 2 aromatic carbocycles. The van der Waals surface area contributed by atoms with Gasteiger partial charge < -0.3 is 15.8 Å². The van der Waals surface area contributed by atoms with Gasteiger partial charge in [0.15, 0.2) is 0 Å². The van der Waals surface area contributed by atoms with Crippen LogP contribution < -0.4 is 15.8 Å². The van der Waals surface area contributed by atoms with Crippen LogP contribution in [0.4, 0.5) is 5.69 Å². The Balaban J connectivity index is 1.99. The Hall–Kier alpha value is -2.49. The molecule has 0 aliphatic carbocycles. The number of ether oxygens (including phenoxy) is 1. The summed E-state index contributed by atoms with van der Waals surface area (Å²) in [6.07, 6.45) is 0. The number of rotatable bonds is 6. The van der Waals surface area contributed by atoms with E-state index < -0.39 is 0 Å². The summed E-state index contributed by atoms with van der Waals surface area (Å²) in [6.45, 7) is 7.24. The Bertz CT molecular complexity index is 681. The molecule has 0 saturated heterocycles. The van der Waals surface area contributed by atoms with Crippen molar-refractivity contribution in [3.63, 3.8) is 0 Å². The Labute approximate surface area is 137 Å². The average Bonchev–Trinajstić information content (AvgIpc) is 2.53. The smallest absolute Gasteiger partial charge is 0.251 e. The molecule has 3 N–H and O–H groups in total. The number of benzene rings is 2. The predicted octanol–water partition coefficient (Wildman–Crippen LogP) is 3.54. The highest BCUT2D eigenvalue weighted by atomic mass is 16.5. The van der Waals surface area contributed by atoms with Crippen molar-refractivity contribution in [2.24, 2.45) is 5.92 Å². The van der Waals surface area contributed by atoms with E-state index >= 15 is 0 Å². The first-order valence-electron chi connectivity index (χ1n) is 7.82. The molecule has 4 heteroatoms. The molecule has 0 aliphatic heterocycles. The molecule has 0 fully saturated rings. The van der Waals surface area contributed by atoms with Crippen LogP contribution in [-0.2, 0) is 6.54 Å². The second-order valence-corrected chi connectivity index (χ2v) is 6.11. The number of hydrogen-bond donors (Lipinski definition) is 2. The molecule has 2 rings (SSSR count). The van der Waals surface area contributed by atoms with Crippen LogP contribution in [0.3, 0.4) is 0 Å². The molecular weight excluding hydrogens is 288 g/mol. The zero-order valence-corrected chi connectivity index (χ0v) is 13.9. The van der Waals surface area contributed by atoms with Gasteiger partial charge in [-0.2, -0.15) is 0 Å². The Morgan fingerprint density at radius 1 is 1.22 bits per heavy atom. The lowest BCUT2D eigenvalue weighted by Gasteiger charge is -2.11. The third kappa shape index (κ3) is 5.02. The van der Waals surface area contributed by atoms with Crippen molar-refractivity contribution in [3.8, 4) is 5.75 Å².